The summed E-state index contributed by atoms with van der Waals surface area (Å²) in [5, 5.41) is 11.2. The van der Waals surface area contributed by atoms with Crippen molar-refractivity contribution in [3.8, 4) is 5.75 Å². The predicted octanol–water partition coefficient (Wildman–Crippen LogP) is 4.36. The Labute approximate surface area is 125 Å². The van der Waals surface area contributed by atoms with Gasteiger partial charge in [0.1, 0.15) is 11.9 Å². The molecule has 0 aliphatic heterocycles. The van der Waals surface area contributed by atoms with Crippen molar-refractivity contribution in [2.45, 2.75) is 26.9 Å². The summed E-state index contributed by atoms with van der Waals surface area (Å²) in [7, 11) is 1.66. The molecule has 1 N–H and O–H groups in total. The molecule has 0 bridgehead atoms. The van der Waals surface area contributed by atoms with Crippen molar-refractivity contribution >= 4 is 11.6 Å². The van der Waals surface area contributed by atoms with Crippen LogP contribution in [0.15, 0.2) is 30.3 Å². The van der Waals surface area contributed by atoms with Gasteiger partial charge in [0.15, 0.2) is 0 Å². The number of ether oxygens (including phenoxy) is 1. The van der Waals surface area contributed by atoms with Crippen LogP contribution in [0.25, 0.3) is 0 Å². The van der Waals surface area contributed by atoms with Gasteiger partial charge in [-0.15, -0.1) is 0 Å². The number of hydrogen-bond acceptors (Lipinski definition) is 2. The summed E-state index contributed by atoms with van der Waals surface area (Å²) in [5.74, 6) is 0.858. The molecule has 20 heavy (non-hydrogen) atoms. The minimum absolute atomic E-state index is 0.617. The zero-order valence-corrected chi connectivity index (χ0v) is 13.0. The first-order valence-electron chi connectivity index (χ1n) is 6.54. The molecule has 0 heterocycles. The van der Waals surface area contributed by atoms with Crippen LogP contribution in [0.1, 0.15) is 33.9 Å². The summed E-state index contributed by atoms with van der Waals surface area (Å²) in [4.78, 5) is 0. The van der Waals surface area contributed by atoms with Crippen LogP contribution in [-0.2, 0) is 0 Å². The van der Waals surface area contributed by atoms with Crippen LogP contribution < -0.4 is 4.74 Å². The largest absolute Gasteiger partial charge is 0.496 e. The van der Waals surface area contributed by atoms with E-state index >= 15 is 0 Å². The Morgan fingerprint density at radius 1 is 1.05 bits per heavy atom. The molecule has 1 unspecified atom stereocenters. The first-order valence-corrected chi connectivity index (χ1v) is 6.91. The van der Waals surface area contributed by atoms with E-state index in [0.717, 1.165) is 33.6 Å². The number of aliphatic hydroxyl groups is 1. The third-order valence-electron chi connectivity index (χ3n) is 3.52. The fourth-order valence-corrected chi connectivity index (χ4v) is 2.75. The van der Waals surface area contributed by atoms with Crippen molar-refractivity contribution in [1.29, 1.82) is 0 Å². The Morgan fingerprint density at radius 3 is 2.20 bits per heavy atom. The standard InChI is InChI=1S/C17H19ClO2/c1-10-6-5-7-14(15(10)18)16(19)13-8-11(2)17(20-4)12(3)9-13/h5-9,16,19H,1-4H3. The van der Waals surface area contributed by atoms with E-state index in [0.29, 0.717) is 5.02 Å². The molecule has 2 aromatic carbocycles. The molecule has 0 saturated heterocycles. The molecule has 0 aliphatic carbocycles. The molecule has 1 atom stereocenters. The molecule has 0 aromatic heterocycles. The molecular formula is C17H19ClO2. The van der Waals surface area contributed by atoms with Crippen molar-refractivity contribution in [1.82, 2.24) is 0 Å². The van der Waals surface area contributed by atoms with Gasteiger partial charge in [-0.05, 0) is 55.2 Å². The van der Waals surface area contributed by atoms with Crippen LogP contribution in [-0.4, -0.2) is 12.2 Å². The lowest BCUT2D eigenvalue weighted by Gasteiger charge is -2.17. The lowest BCUT2D eigenvalue weighted by atomic mass is 9.96. The second-order valence-corrected chi connectivity index (χ2v) is 5.45. The molecule has 106 valence electrons. The number of aliphatic hydroxyl groups excluding tert-OH is 1. The smallest absolute Gasteiger partial charge is 0.124 e. The quantitative estimate of drug-likeness (QED) is 0.910. The highest BCUT2D eigenvalue weighted by Gasteiger charge is 2.17. The molecule has 0 spiro atoms. The molecule has 2 aromatic rings. The van der Waals surface area contributed by atoms with E-state index in [4.69, 9.17) is 16.3 Å². The van der Waals surface area contributed by atoms with Crippen molar-refractivity contribution < 1.29 is 9.84 Å². The normalized spacial score (nSPS) is 12.3. The van der Waals surface area contributed by atoms with Crippen LogP contribution >= 0.6 is 11.6 Å². The Hall–Kier alpha value is -1.51. The molecule has 0 aliphatic rings. The number of halogens is 1. The number of methoxy groups -OCH3 is 1. The van der Waals surface area contributed by atoms with Gasteiger partial charge < -0.3 is 9.84 Å². The Kier molecular flexibility index (Phi) is 4.36. The molecule has 2 rings (SSSR count). The second kappa shape index (κ2) is 5.86. The highest BCUT2D eigenvalue weighted by atomic mass is 35.5. The van der Waals surface area contributed by atoms with E-state index in [-0.39, 0.29) is 0 Å². The van der Waals surface area contributed by atoms with E-state index in [9.17, 15) is 5.11 Å². The summed E-state index contributed by atoms with van der Waals surface area (Å²) in [6.07, 6.45) is -0.731. The maximum atomic E-state index is 10.6. The van der Waals surface area contributed by atoms with Gasteiger partial charge in [-0.2, -0.15) is 0 Å². The van der Waals surface area contributed by atoms with Crippen LogP contribution in [0.2, 0.25) is 5.02 Å². The molecule has 0 radical (unpaired) electrons. The van der Waals surface area contributed by atoms with Crippen molar-refractivity contribution in [2.75, 3.05) is 7.11 Å². The molecule has 0 saturated carbocycles. The van der Waals surface area contributed by atoms with Crippen LogP contribution in [0, 0.1) is 20.8 Å². The van der Waals surface area contributed by atoms with E-state index in [1.54, 1.807) is 7.11 Å². The van der Waals surface area contributed by atoms with Crippen LogP contribution in [0.4, 0.5) is 0 Å². The van der Waals surface area contributed by atoms with Gasteiger partial charge in [0.25, 0.3) is 0 Å². The minimum Gasteiger partial charge on any atom is -0.496 e. The summed E-state index contributed by atoms with van der Waals surface area (Å²) in [6, 6.07) is 9.57. The number of hydrogen-bond donors (Lipinski definition) is 1. The summed E-state index contributed by atoms with van der Waals surface area (Å²) >= 11 is 6.29. The van der Waals surface area contributed by atoms with Gasteiger partial charge in [-0.1, -0.05) is 29.8 Å². The fourth-order valence-electron chi connectivity index (χ4n) is 2.52. The van der Waals surface area contributed by atoms with E-state index in [1.165, 1.54) is 0 Å². The zero-order valence-electron chi connectivity index (χ0n) is 12.2. The van der Waals surface area contributed by atoms with Gasteiger partial charge in [0.05, 0.1) is 7.11 Å². The molecular weight excluding hydrogens is 272 g/mol. The van der Waals surface area contributed by atoms with Gasteiger partial charge in [-0.25, -0.2) is 0 Å². The lowest BCUT2D eigenvalue weighted by molar-refractivity contribution is 0.220. The van der Waals surface area contributed by atoms with Crippen LogP contribution in [0.5, 0.6) is 5.75 Å². The van der Waals surface area contributed by atoms with Gasteiger partial charge >= 0.3 is 0 Å². The topological polar surface area (TPSA) is 29.5 Å². The first-order chi connectivity index (χ1) is 9.45. The van der Waals surface area contributed by atoms with Gasteiger partial charge in [0.2, 0.25) is 0 Å². The highest BCUT2D eigenvalue weighted by Crippen LogP contribution is 2.33. The zero-order chi connectivity index (χ0) is 14.9. The monoisotopic (exact) mass is 290 g/mol. The number of aryl methyl sites for hydroxylation is 3. The minimum atomic E-state index is -0.731. The van der Waals surface area contributed by atoms with Crippen molar-refractivity contribution in [2.24, 2.45) is 0 Å². The molecule has 3 heteroatoms. The average Bonchev–Trinajstić information content (AvgIpc) is 2.41. The third kappa shape index (κ3) is 2.67. The lowest BCUT2D eigenvalue weighted by Crippen LogP contribution is -2.03. The highest BCUT2D eigenvalue weighted by molar-refractivity contribution is 6.32. The van der Waals surface area contributed by atoms with Gasteiger partial charge in [-0.3, -0.25) is 0 Å². The predicted molar refractivity (Wildman–Crippen MR) is 82.7 cm³/mol. The Bertz CT molecular complexity index is 612. The van der Waals surface area contributed by atoms with Crippen LogP contribution in [0.3, 0.4) is 0 Å². The van der Waals surface area contributed by atoms with Crippen molar-refractivity contribution in [3.63, 3.8) is 0 Å². The molecule has 0 fully saturated rings. The second-order valence-electron chi connectivity index (χ2n) is 5.07. The summed E-state index contributed by atoms with van der Waals surface area (Å²) in [6.45, 7) is 5.88. The van der Waals surface area contributed by atoms with E-state index < -0.39 is 6.10 Å². The average molecular weight is 291 g/mol. The number of rotatable bonds is 3. The third-order valence-corrected chi connectivity index (χ3v) is 4.04. The van der Waals surface area contributed by atoms with E-state index in [2.05, 4.69) is 0 Å². The maximum absolute atomic E-state index is 10.6. The fraction of sp³-hybridized carbons (Fsp3) is 0.294. The number of benzene rings is 2. The van der Waals surface area contributed by atoms with Crippen molar-refractivity contribution in [3.05, 3.63) is 63.2 Å². The molecule has 0 amide bonds. The Balaban J connectivity index is 2.49. The SMILES string of the molecule is COc1c(C)cc(C(O)c2cccc(C)c2Cl)cc1C. The summed E-state index contributed by atoms with van der Waals surface area (Å²) in [5.41, 5.74) is 4.53. The van der Waals surface area contributed by atoms with E-state index in [1.807, 2.05) is 51.1 Å². The van der Waals surface area contributed by atoms with Gasteiger partial charge in [0, 0.05) is 10.6 Å². The maximum Gasteiger partial charge on any atom is 0.124 e. The summed E-state index contributed by atoms with van der Waals surface area (Å²) < 4.78 is 5.35. The molecule has 2 nitrogen and oxygen atoms in total. The Morgan fingerprint density at radius 2 is 1.65 bits per heavy atom. The first kappa shape index (κ1) is 14.9.